The zero-order valence-corrected chi connectivity index (χ0v) is 10.2. The van der Waals surface area contributed by atoms with Crippen LogP contribution in [0.5, 0.6) is 5.75 Å². The molecule has 1 aliphatic rings. The number of aryl methyl sites for hydroxylation is 1. The van der Waals surface area contributed by atoms with E-state index >= 15 is 0 Å². The lowest BCUT2D eigenvalue weighted by atomic mass is 9.93. The summed E-state index contributed by atoms with van der Waals surface area (Å²) < 4.78 is 7.26. The molecule has 0 radical (unpaired) electrons. The number of ether oxygens (including phenoxy) is 1. The third kappa shape index (κ3) is 1.86. The molecule has 0 amide bonds. The van der Waals surface area contributed by atoms with Crippen LogP contribution in [-0.4, -0.2) is 32.6 Å². The van der Waals surface area contributed by atoms with Gasteiger partial charge in [0.05, 0.1) is 12.7 Å². The molecule has 1 aromatic carbocycles. The summed E-state index contributed by atoms with van der Waals surface area (Å²) >= 11 is 0. The van der Waals surface area contributed by atoms with Crippen LogP contribution in [0, 0.1) is 0 Å². The van der Waals surface area contributed by atoms with Crippen LogP contribution in [-0.2, 0) is 13.5 Å². The first kappa shape index (κ1) is 11.2. The molecule has 2 heterocycles. The third-order valence-corrected chi connectivity index (χ3v) is 3.40. The molecule has 5 heteroatoms. The van der Waals surface area contributed by atoms with Crippen LogP contribution in [0.15, 0.2) is 30.6 Å². The van der Waals surface area contributed by atoms with Crippen molar-refractivity contribution in [2.45, 2.75) is 18.4 Å². The zero-order chi connectivity index (χ0) is 12.5. The molecule has 0 fully saturated rings. The van der Waals surface area contributed by atoms with Crippen molar-refractivity contribution in [1.82, 2.24) is 14.8 Å². The van der Waals surface area contributed by atoms with E-state index in [0.29, 0.717) is 13.0 Å². The van der Waals surface area contributed by atoms with E-state index in [-0.39, 0.29) is 5.92 Å². The van der Waals surface area contributed by atoms with E-state index < -0.39 is 6.10 Å². The highest BCUT2D eigenvalue weighted by atomic mass is 16.5. The molecule has 1 N–H and O–H groups in total. The van der Waals surface area contributed by atoms with E-state index in [1.54, 1.807) is 4.68 Å². The number of benzene rings is 1. The molecule has 1 aliphatic heterocycles. The Morgan fingerprint density at radius 1 is 1.50 bits per heavy atom. The number of aliphatic hydroxyl groups is 1. The summed E-state index contributed by atoms with van der Waals surface area (Å²) in [7, 11) is 1.83. The van der Waals surface area contributed by atoms with Crippen molar-refractivity contribution in [1.29, 1.82) is 0 Å². The van der Waals surface area contributed by atoms with Crippen LogP contribution < -0.4 is 4.74 Å². The summed E-state index contributed by atoms with van der Waals surface area (Å²) in [6, 6.07) is 7.85. The smallest absolute Gasteiger partial charge is 0.138 e. The van der Waals surface area contributed by atoms with Crippen LogP contribution in [0.4, 0.5) is 0 Å². The molecule has 0 saturated carbocycles. The van der Waals surface area contributed by atoms with Crippen LogP contribution in [0.1, 0.15) is 17.3 Å². The quantitative estimate of drug-likeness (QED) is 0.872. The van der Waals surface area contributed by atoms with Crippen molar-refractivity contribution in [3.8, 4) is 5.75 Å². The van der Waals surface area contributed by atoms with Crippen molar-refractivity contribution in [2.75, 3.05) is 6.61 Å². The maximum absolute atomic E-state index is 10.3. The van der Waals surface area contributed by atoms with Gasteiger partial charge in [0.25, 0.3) is 0 Å². The molecule has 0 aliphatic carbocycles. The van der Waals surface area contributed by atoms with Crippen molar-refractivity contribution in [2.24, 2.45) is 7.05 Å². The maximum atomic E-state index is 10.3. The predicted molar refractivity (Wildman–Crippen MR) is 65.4 cm³/mol. The maximum Gasteiger partial charge on any atom is 0.138 e. The molecule has 3 rings (SSSR count). The standard InChI is InChI=1S/C13H15N3O2/c1-16-13(14-8-15-16)6-11(17)10-7-18-12-5-3-2-4-9(10)12/h2-5,8,10-11,17H,6-7H2,1H3. The second-order valence-electron chi connectivity index (χ2n) is 4.53. The fourth-order valence-electron chi connectivity index (χ4n) is 2.34. The van der Waals surface area contributed by atoms with E-state index in [2.05, 4.69) is 10.1 Å². The number of nitrogens with zero attached hydrogens (tertiary/aromatic N) is 3. The third-order valence-electron chi connectivity index (χ3n) is 3.40. The Morgan fingerprint density at radius 2 is 2.33 bits per heavy atom. The van der Waals surface area contributed by atoms with E-state index in [1.807, 2.05) is 31.3 Å². The Balaban J connectivity index is 1.79. The van der Waals surface area contributed by atoms with E-state index in [9.17, 15) is 5.11 Å². The minimum atomic E-state index is -0.503. The minimum Gasteiger partial charge on any atom is -0.493 e. The van der Waals surface area contributed by atoms with Gasteiger partial charge in [0.1, 0.15) is 17.9 Å². The molecule has 94 valence electrons. The lowest BCUT2D eigenvalue weighted by Crippen LogP contribution is -2.24. The highest BCUT2D eigenvalue weighted by molar-refractivity contribution is 5.40. The van der Waals surface area contributed by atoms with Crippen molar-refractivity contribution in [3.05, 3.63) is 42.0 Å². The number of fused-ring (bicyclic) bond motifs is 1. The summed E-state index contributed by atoms with van der Waals surface area (Å²) in [5.41, 5.74) is 1.08. The topological polar surface area (TPSA) is 60.2 Å². The lowest BCUT2D eigenvalue weighted by Gasteiger charge is -2.16. The molecule has 0 saturated heterocycles. The molecule has 2 atom stereocenters. The fourth-order valence-corrected chi connectivity index (χ4v) is 2.34. The Bertz CT molecular complexity index is 553. The highest BCUT2D eigenvalue weighted by Crippen LogP contribution is 2.36. The largest absolute Gasteiger partial charge is 0.493 e. The van der Waals surface area contributed by atoms with Gasteiger partial charge >= 0.3 is 0 Å². The van der Waals surface area contributed by atoms with Crippen LogP contribution in [0.2, 0.25) is 0 Å². The van der Waals surface area contributed by atoms with Crippen molar-refractivity contribution < 1.29 is 9.84 Å². The van der Waals surface area contributed by atoms with E-state index in [0.717, 1.165) is 17.1 Å². The van der Waals surface area contributed by atoms with E-state index in [4.69, 9.17) is 4.74 Å². The molecule has 0 spiro atoms. The molecule has 2 unspecified atom stereocenters. The van der Waals surface area contributed by atoms with Crippen LogP contribution in [0.25, 0.3) is 0 Å². The summed E-state index contributed by atoms with van der Waals surface area (Å²) in [6.07, 6.45) is 1.48. The Morgan fingerprint density at radius 3 is 3.11 bits per heavy atom. The molecule has 1 aromatic heterocycles. The molecular formula is C13H15N3O2. The van der Waals surface area contributed by atoms with Crippen LogP contribution in [0.3, 0.4) is 0 Å². The molecule has 2 aromatic rings. The molecule has 5 nitrogen and oxygen atoms in total. The molecular weight excluding hydrogens is 230 g/mol. The predicted octanol–water partition coefficient (Wildman–Crippen LogP) is 0.895. The number of hydrogen-bond donors (Lipinski definition) is 1. The van der Waals surface area contributed by atoms with Gasteiger partial charge < -0.3 is 9.84 Å². The number of aliphatic hydroxyl groups excluding tert-OH is 1. The zero-order valence-electron chi connectivity index (χ0n) is 10.2. The van der Waals surface area contributed by atoms with Gasteiger partial charge in [-0.1, -0.05) is 18.2 Å². The molecule has 0 bridgehead atoms. The lowest BCUT2D eigenvalue weighted by molar-refractivity contribution is 0.126. The first-order valence-electron chi connectivity index (χ1n) is 5.98. The van der Waals surface area contributed by atoms with Gasteiger partial charge in [-0.3, -0.25) is 4.68 Å². The summed E-state index contributed by atoms with van der Waals surface area (Å²) in [4.78, 5) is 4.13. The van der Waals surface area contributed by atoms with Gasteiger partial charge in [-0.25, -0.2) is 4.98 Å². The Hall–Kier alpha value is -1.88. The van der Waals surface area contributed by atoms with Gasteiger partial charge in [-0.05, 0) is 6.07 Å². The first-order valence-corrected chi connectivity index (χ1v) is 5.98. The Labute approximate surface area is 105 Å². The van der Waals surface area contributed by atoms with Gasteiger partial charge in [0.15, 0.2) is 0 Å². The fraction of sp³-hybridized carbons (Fsp3) is 0.385. The second-order valence-corrected chi connectivity index (χ2v) is 4.53. The summed E-state index contributed by atoms with van der Waals surface area (Å²) in [5, 5.41) is 14.3. The van der Waals surface area contributed by atoms with Gasteiger partial charge in [-0.15, -0.1) is 0 Å². The SMILES string of the molecule is Cn1ncnc1CC(O)C1COc2ccccc21. The van der Waals surface area contributed by atoms with Gasteiger partial charge in [0.2, 0.25) is 0 Å². The average Bonchev–Trinajstić information content (AvgIpc) is 2.96. The summed E-state index contributed by atoms with van der Waals surface area (Å²) in [6.45, 7) is 0.526. The summed E-state index contributed by atoms with van der Waals surface area (Å²) in [5.74, 6) is 1.67. The van der Waals surface area contributed by atoms with Crippen molar-refractivity contribution >= 4 is 0 Å². The number of para-hydroxylation sites is 1. The molecule has 18 heavy (non-hydrogen) atoms. The Kier molecular flexibility index (Phi) is 2.76. The number of aromatic nitrogens is 3. The highest BCUT2D eigenvalue weighted by Gasteiger charge is 2.30. The number of hydrogen-bond acceptors (Lipinski definition) is 4. The van der Waals surface area contributed by atoms with Gasteiger partial charge in [0, 0.05) is 24.9 Å². The van der Waals surface area contributed by atoms with Gasteiger partial charge in [-0.2, -0.15) is 5.10 Å². The second kappa shape index (κ2) is 4.42. The van der Waals surface area contributed by atoms with Crippen molar-refractivity contribution in [3.63, 3.8) is 0 Å². The van der Waals surface area contributed by atoms with Crippen LogP contribution >= 0.6 is 0 Å². The number of rotatable bonds is 3. The average molecular weight is 245 g/mol. The van der Waals surface area contributed by atoms with E-state index in [1.165, 1.54) is 6.33 Å². The monoisotopic (exact) mass is 245 g/mol. The first-order chi connectivity index (χ1) is 8.75. The minimum absolute atomic E-state index is 0.0119. The normalized spacial score (nSPS) is 19.3.